The number of aldehydes is 1. The predicted octanol–water partition coefficient (Wildman–Crippen LogP) is 2.03. The lowest BCUT2D eigenvalue weighted by atomic mass is 10.2. The third-order valence-corrected chi connectivity index (χ3v) is 2.32. The molecule has 4 heteroatoms. The highest BCUT2D eigenvalue weighted by molar-refractivity contribution is 5.75. The second-order valence-corrected chi connectivity index (χ2v) is 3.64. The molecule has 0 amide bonds. The molecule has 82 valence electrons. The Labute approximate surface area is 93.9 Å². The van der Waals surface area contributed by atoms with Crippen LogP contribution in [0.1, 0.15) is 29.3 Å². The zero-order valence-electron chi connectivity index (χ0n) is 9.13. The molecule has 0 aliphatic carbocycles. The van der Waals surface area contributed by atoms with E-state index in [-0.39, 0.29) is 0 Å². The van der Waals surface area contributed by atoms with Crippen LogP contribution in [0.2, 0.25) is 0 Å². The van der Waals surface area contributed by atoms with Gasteiger partial charge in [0, 0.05) is 18.0 Å². The van der Waals surface area contributed by atoms with Crippen molar-refractivity contribution in [2.75, 3.05) is 0 Å². The molecule has 16 heavy (non-hydrogen) atoms. The van der Waals surface area contributed by atoms with Gasteiger partial charge in [0.15, 0.2) is 6.29 Å². The molecule has 0 aliphatic heterocycles. The van der Waals surface area contributed by atoms with E-state index < -0.39 is 0 Å². The monoisotopic (exact) mass is 215 g/mol. The number of carbonyl (C=O) groups excluding carboxylic acids is 1. The van der Waals surface area contributed by atoms with Crippen molar-refractivity contribution in [3.63, 3.8) is 0 Å². The van der Waals surface area contributed by atoms with E-state index in [1.165, 1.54) is 11.8 Å². The Morgan fingerprint density at radius 2 is 2.25 bits per heavy atom. The third kappa shape index (κ3) is 2.16. The second kappa shape index (κ2) is 4.70. The topological polar surface area (TPSA) is 47.8 Å². The molecule has 0 N–H and O–H groups in total. The maximum absolute atomic E-state index is 10.6. The zero-order chi connectivity index (χ0) is 11.4. The highest BCUT2D eigenvalue weighted by Gasteiger charge is 2.01. The third-order valence-electron chi connectivity index (χ3n) is 2.32. The molecular formula is C12H13N3O. The van der Waals surface area contributed by atoms with Crippen LogP contribution in [0.15, 0.2) is 30.9 Å². The first-order chi connectivity index (χ1) is 7.83. The lowest BCUT2D eigenvalue weighted by Crippen LogP contribution is -1.96. The summed E-state index contributed by atoms with van der Waals surface area (Å²) in [5.74, 6) is 0. The van der Waals surface area contributed by atoms with Gasteiger partial charge in [0.25, 0.3) is 0 Å². The number of aromatic nitrogens is 3. The van der Waals surface area contributed by atoms with Crippen molar-refractivity contribution in [2.45, 2.75) is 19.8 Å². The van der Waals surface area contributed by atoms with Gasteiger partial charge in [0.2, 0.25) is 0 Å². The van der Waals surface area contributed by atoms with Gasteiger partial charge in [-0.25, -0.2) is 4.68 Å². The number of aryl methyl sites for hydroxylation is 1. The maximum Gasteiger partial charge on any atom is 0.151 e. The summed E-state index contributed by atoms with van der Waals surface area (Å²) >= 11 is 0. The van der Waals surface area contributed by atoms with Crippen LogP contribution < -0.4 is 0 Å². The van der Waals surface area contributed by atoms with Crippen LogP contribution in [0.5, 0.6) is 0 Å². The van der Waals surface area contributed by atoms with E-state index in [0.29, 0.717) is 5.56 Å². The molecule has 0 saturated heterocycles. The van der Waals surface area contributed by atoms with Crippen LogP contribution in [0.3, 0.4) is 0 Å². The normalized spacial score (nSPS) is 10.3. The molecule has 2 rings (SSSR count). The van der Waals surface area contributed by atoms with E-state index in [1.54, 1.807) is 16.9 Å². The molecule has 0 saturated carbocycles. The van der Waals surface area contributed by atoms with Gasteiger partial charge in [-0.05, 0) is 18.1 Å². The Balaban J connectivity index is 2.30. The van der Waals surface area contributed by atoms with Crippen LogP contribution in [-0.2, 0) is 6.42 Å². The number of pyridine rings is 1. The van der Waals surface area contributed by atoms with Gasteiger partial charge in [0.1, 0.15) is 0 Å². The summed E-state index contributed by atoms with van der Waals surface area (Å²) in [4.78, 5) is 14.6. The molecule has 2 aromatic heterocycles. The lowest BCUT2D eigenvalue weighted by molar-refractivity contribution is 0.112. The highest BCUT2D eigenvalue weighted by Crippen LogP contribution is 2.09. The minimum atomic E-state index is 0.560. The Morgan fingerprint density at radius 3 is 3.00 bits per heavy atom. The molecule has 2 heterocycles. The number of hydrogen-bond donors (Lipinski definition) is 0. The molecule has 0 atom stereocenters. The van der Waals surface area contributed by atoms with E-state index in [9.17, 15) is 4.79 Å². The standard InChI is InChI=1S/C12H13N3O/c1-2-3-10-6-14-15(8-10)12-4-11(9-16)5-13-7-12/h4-9H,2-3H2,1H3. The van der Waals surface area contributed by atoms with E-state index in [0.717, 1.165) is 24.8 Å². The van der Waals surface area contributed by atoms with E-state index >= 15 is 0 Å². The average molecular weight is 215 g/mol. The van der Waals surface area contributed by atoms with Crippen LogP contribution in [0.25, 0.3) is 5.69 Å². The first-order valence-corrected chi connectivity index (χ1v) is 5.27. The van der Waals surface area contributed by atoms with Crippen molar-refractivity contribution < 1.29 is 4.79 Å². The van der Waals surface area contributed by atoms with Gasteiger partial charge in [-0.15, -0.1) is 0 Å². The molecule has 0 aromatic carbocycles. The van der Waals surface area contributed by atoms with Gasteiger partial charge in [-0.2, -0.15) is 5.10 Å². The first-order valence-electron chi connectivity index (χ1n) is 5.27. The summed E-state index contributed by atoms with van der Waals surface area (Å²) in [5, 5.41) is 4.24. The van der Waals surface area contributed by atoms with Crippen molar-refractivity contribution in [3.8, 4) is 5.69 Å². The SMILES string of the molecule is CCCc1cnn(-c2cncc(C=O)c2)c1. The fourth-order valence-corrected chi connectivity index (χ4v) is 1.55. The van der Waals surface area contributed by atoms with Crippen LogP contribution >= 0.6 is 0 Å². The van der Waals surface area contributed by atoms with Gasteiger partial charge in [-0.3, -0.25) is 9.78 Å². The summed E-state index contributed by atoms with van der Waals surface area (Å²) in [6.07, 6.45) is 9.93. The Bertz CT molecular complexity index is 491. The molecule has 0 spiro atoms. The highest BCUT2D eigenvalue weighted by atomic mass is 16.1. The summed E-state index contributed by atoms with van der Waals surface area (Å²) in [7, 11) is 0. The van der Waals surface area contributed by atoms with Crippen molar-refractivity contribution in [2.24, 2.45) is 0 Å². The summed E-state index contributed by atoms with van der Waals surface area (Å²) in [6.45, 7) is 2.13. The van der Waals surface area contributed by atoms with Crippen molar-refractivity contribution in [3.05, 3.63) is 42.0 Å². The number of nitrogens with zero attached hydrogens (tertiary/aromatic N) is 3. The van der Waals surface area contributed by atoms with E-state index in [1.807, 2.05) is 12.4 Å². The van der Waals surface area contributed by atoms with E-state index in [4.69, 9.17) is 0 Å². The number of rotatable bonds is 4. The van der Waals surface area contributed by atoms with E-state index in [2.05, 4.69) is 17.0 Å². The number of carbonyl (C=O) groups is 1. The van der Waals surface area contributed by atoms with Gasteiger partial charge >= 0.3 is 0 Å². The lowest BCUT2D eigenvalue weighted by Gasteiger charge is -2.00. The fourth-order valence-electron chi connectivity index (χ4n) is 1.55. The fraction of sp³-hybridized carbons (Fsp3) is 0.250. The molecule has 4 nitrogen and oxygen atoms in total. The predicted molar refractivity (Wildman–Crippen MR) is 60.7 cm³/mol. The zero-order valence-corrected chi connectivity index (χ0v) is 9.13. The summed E-state index contributed by atoms with van der Waals surface area (Å²) < 4.78 is 1.74. The van der Waals surface area contributed by atoms with Crippen LogP contribution in [0.4, 0.5) is 0 Å². The van der Waals surface area contributed by atoms with Gasteiger partial charge in [-0.1, -0.05) is 13.3 Å². The Morgan fingerprint density at radius 1 is 1.38 bits per heavy atom. The van der Waals surface area contributed by atoms with Crippen LogP contribution in [0, 0.1) is 0 Å². The molecule has 2 aromatic rings. The molecule has 0 unspecified atom stereocenters. The Hall–Kier alpha value is -1.97. The van der Waals surface area contributed by atoms with Crippen molar-refractivity contribution in [1.29, 1.82) is 0 Å². The van der Waals surface area contributed by atoms with Crippen molar-refractivity contribution in [1.82, 2.24) is 14.8 Å². The molecule has 0 aliphatic rings. The molecule has 0 radical (unpaired) electrons. The smallest absolute Gasteiger partial charge is 0.151 e. The van der Waals surface area contributed by atoms with Crippen LogP contribution in [-0.4, -0.2) is 21.1 Å². The molecule has 0 fully saturated rings. The van der Waals surface area contributed by atoms with Crippen molar-refractivity contribution >= 4 is 6.29 Å². The Kier molecular flexibility index (Phi) is 3.10. The minimum absolute atomic E-state index is 0.560. The van der Waals surface area contributed by atoms with Gasteiger partial charge < -0.3 is 0 Å². The average Bonchev–Trinajstić information content (AvgIpc) is 2.78. The number of hydrogen-bond acceptors (Lipinski definition) is 3. The largest absolute Gasteiger partial charge is 0.298 e. The minimum Gasteiger partial charge on any atom is -0.298 e. The molecule has 0 bridgehead atoms. The molecular weight excluding hydrogens is 202 g/mol. The second-order valence-electron chi connectivity index (χ2n) is 3.64. The maximum atomic E-state index is 10.6. The summed E-state index contributed by atoms with van der Waals surface area (Å²) in [5.41, 5.74) is 2.57. The quantitative estimate of drug-likeness (QED) is 0.733. The van der Waals surface area contributed by atoms with Gasteiger partial charge in [0.05, 0.1) is 18.1 Å². The summed E-state index contributed by atoms with van der Waals surface area (Å²) in [6, 6.07) is 1.77. The first kappa shape index (κ1) is 10.5.